The number of rotatable bonds is 6. The minimum absolute atomic E-state index is 0.879. The maximum Gasteiger partial charge on any atom is 0.136 e. The molecule has 0 spiro atoms. The number of furan rings is 1. The largest absolute Gasteiger partial charge is 0.456 e. The van der Waals surface area contributed by atoms with Crippen LogP contribution < -0.4 is 4.90 Å². The molecule has 0 saturated heterocycles. The van der Waals surface area contributed by atoms with Crippen molar-refractivity contribution in [3.8, 4) is 27.9 Å². The molecule has 0 aliphatic heterocycles. The number of hydrogen-bond acceptors (Lipinski definition) is 2. The average Bonchev–Trinajstić information content (AvgIpc) is 3.86. The highest BCUT2D eigenvalue weighted by molar-refractivity contribution is 6.25. The third-order valence-corrected chi connectivity index (χ3v) is 11.9. The van der Waals surface area contributed by atoms with Gasteiger partial charge in [-0.3, -0.25) is 0 Å². The second-order valence-electron chi connectivity index (χ2n) is 15.3. The monoisotopic (exact) mass is 752 g/mol. The van der Waals surface area contributed by atoms with Crippen molar-refractivity contribution in [3.05, 3.63) is 218 Å². The predicted molar refractivity (Wildman–Crippen MR) is 249 cm³/mol. The Morgan fingerprint density at radius 2 is 0.966 bits per heavy atom. The fourth-order valence-electron chi connectivity index (χ4n) is 9.27. The van der Waals surface area contributed by atoms with Crippen LogP contribution in [0.5, 0.6) is 0 Å². The third-order valence-electron chi connectivity index (χ3n) is 11.9. The van der Waals surface area contributed by atoms with Gasteiger partial charge in [-0.2, -0.15) is 0 Å². The van der Waals surface area contributed by atoms with Crippen LogP contribution in [0.2, 0.25) is 0 Å². The number of hydrogen-bond donors (Lipinski definition) is 0. The lowest BCUT2D eigenvalue weighted by molar-refractivity contribution is 0.669. The van der Waals surface area contributed by atoms with E-state index in [1.54, 1.807) is 0 Å². The van der Waals surface area contributed by atoms with E-state index in [0.717, 1.165) is 61.0 Å². The van der Waals surface area contributed by atoms with Gasteiger partial charge in [0, 0.05) is 49.9 Å². The molecule has 0 amide bonds. The molecule has 0 aliphatic carbocycles. The predicted octanol–water partition coefficient (Wildman–Crippen LogP) is 15.8. The van der Waals surface area contributed by atoms with Gasteiger partial charge in [0.1, 0.15) is 11.2 Å². The van der Waals surface area contributed by atoms with Gasteiger partial charge in [-0.1, -0.05) is 152 Å². The molecule has 0 unspecified atom stereocenters. The van der Waals surface area contributed by atoms with Gasteiger partial charge in [0.15, 0.2) is 0 Å². The summed E-state index contributed by atoms with van der Waals surface area (Å²) in [6.45, 7) is 0. The van der Waals surface area contributed by atoms with Crippen LogP contribution in [0.15, 0.2) is 223 Å². The lowest BCUT2D eigenvalue weighted by Gasteiger charge is -2.26. The van der Waals surface area contributed by atoms with Gasteiger partial charge in [0.05, 0.1) is 11.0 Å². The first-order chi connectivity index (χ1) is 29.3. The summed E-state index contributed by atoms with van der Waals surface area (Å²) in [5, 5.41) is 9.45. The minimum atomic E-state index is 0.879. The Hall–Kier alpha value is -7.88. The normalized spacial score (nSPS) is 11.7. The minimum Gasteiger partial charge on any atom is -0.456 e. The number of benzene rings is 10. The summed E-state index contributed by atoms with van der Waals surface area (Å²) in [6.07, 6.45) is 0. The molecule has 0 N–H and O–H groups in total. The summed E-state index contributed by atoms with van der Waals surface area (Å²) in [6, 6.07) is 78.6. The van der Waals surface area contributed by atoms with Crippen LogP contribution in [0.4, 0.5) is 17.1 Å². The van der Waals surface area contributed by atoms with Crippen LogP contribution in [-0.2, 0) is 0 Å². The zero-order valence-electron chi connectivity index (χ0n) is 32.1. The van der Waals surface area contributed by atoms with Gasteiger partial charge in [0.25, 0.3) is 0 Å². The van der Waals surface area contributed by atoms with Crippen LogP contribution in [0, 0.1) is 0 Å². The highest BCUT2D eigenvalue weighted by atomic mass is 16.3. The van der Waals surface area contributed by atoms with Crippen molar-refractivity contribution in [1.29, 1.82) is 0 Å². The number of para-hydroxylation sites is 3. The summed E-state index contributed by atoms with van der Waals surface area (Å²) >= 11 is 0. The van der Waals surface area contributed by atoms with Crippen molar-refractivity contribution in [2.75, 3.05) is 4.90 Å². The molecule has 2 heterocycles. The maximum absolute atomic E-state index is 6.70. The summed E-state index contributed by atoms with van der Waals surface area (Å²) in [5.74, 6) is 0. The van der Waals surface area contributed by atoms with E-state index in [1.807, 2.05) is 0 Å². The van der Waals surface area contributed by atoms with E-state index in [9.17, 15) is 0 Å². The van der Waals surface area contributed by atoms with Crippen LogP contribution in [0.1, 0.15) is 0 Å². The summed E-state index contributed by atoms with van der Waals surface area (Å²) in [5.41, 5.74) is 13.3. The molecule has 0 saturated carbocycles. The second kappa shape index (κ2) is 13.4. The number of anilines is 3. The summed E-state index contributed by atoms with van der Waals surface area (Å²) in [7, 11) is 0. The van der Waals surface area contributed by atoms with Crippen molar-refractivity contribution in [3.63, 3.8) is 0 Å². The Morgan fingerprint density at radius 1 is 0.356 bits per heavy atom. The van der Waals surface area contributed by atoms with Gasteiger partial charge in [-0.15, -0.1) is 0 Å². The molecule has 59 heavy (non-hydrogen) atoms. The van der Waals surface area contributed by atoms with E-state index in [4.69, 9.17) is 4.42 Å². The van der Waals surface area contributed by atoms with Crippen LogP contribution in [0.25, 0.3) is 93.2 Å². The third kappa shape index (κ3) is 5.36. The zero-order chi connectivity index (χ0) is 38.9. The Bertz CT molecular complexity index is 3540. The molecule has 12 aromatic rings. The topological polar surface area (TPSA) is 21.3 Å². The number of nitrogens with zero attached hydrogens (tertiary/aromatic N) is 2. The van der Waals surface area contributed by atoms with E-state index < -0.39 is 0 Å². The molecule has 0 atom stereocenters. The molecule has 0 aliphatic rings. The SMILES string of the molecule is c1ccc(-c2ccc(N(c3ccc4ccccc4c3)c3ccc4c(ccc5oc6cccc(-c7cccc8c9ccccc9n(-c9ccccc9)c78)c6c54)c3)cc2)cc1. The molecule has 276 valence electrons. The van der Waals surface area contributed by atoms with E-state index in [1.165, 1.54) is 49.3 Å². The van der Waals surface area contributed by atoms with Gasteiger partial charge < -0.3 is 13.9 Å². The zero-order valence-corrected chi connectivity index (χ0v) is 32.1. The number of fused-ring (bicyclic) bond motifs is 9. The quantitative estimate of drug-likeness (QED) is 0.169. The molecule has 0 bridgehead atoms. The first-order valence-electron chi connectivity index (χ1n) is 20.2. The number of aromatic nitrogens is 1. The summed E-state index contributed by atoms with van der Waals surface area (Å²) < 4.78 is 9.11. The van der Waals surface area contributed by atoms with Gasteiger partial charge in [-0.05, 0) is 105 Å². The lowest BCUT2D eigenvalue weighted by Crippen LogP contribution is -2.09. The molecule has 3 heteroatoms. The fraction of sp³-hybridized carbons (Fsp3) is 0. The fourth-order valence-corrected chi connectivity index (χ4v) is 9.27. The van der Waals surface area contributed by atoms with E-state index in [2.05, 4.69) is 228 Å². The molecule has 2 aromatic heterocycles. The van der Waals surface area contributed by atoms with Crippen molar-refractivity contribution < 1.29 is 4.42 Å². The van der Waals surface area contributed by atoms with E-state index in [-0.39, 0.29) is 0 Å². The smallest absolute Gasteiger partial charge is 0.136 e. The molecule has 10 aromatic carbocycles. The summed E-state index contributed by atoms with van der Waals surface area (Å²) in [4.78, 5) is 2.37. The van der Waals surface area contributed by atoms with Gasteiger partial charge in [-0.25, -0.2) is 0 Å². The van der Waals surface area contributed by atoms with Crippen LogP contribution >= 0.6 is 0 Å². The highest BCUT2D eigenvalue weighted by Gasteiger charge is 2.21. The molecule has 0 radical (unpaired) electrons. The van der Waals surface area contributed by atoms with E-state index in [0.29, 0.717) is 0 Å². The Labute approximate surface area is 341 Å². The molecule has 12 rings (SSSR count). The van der Waals surface area contributed by atoms with Gasteiger partial charge in [0.2, 0.25) is 0 Å². The van der Waals surface area contributed by atoms with Crippen LogP contribution in [-0.4, -0.2) is 4.57 Å². The molecule has 3 nitrogen and oxygen atoms in total. The molecular formula is C56H36N2O. The second-order valence-corrected chi connectivity index (χ2v) is 15.3. The highest BCUT2D eigenvalue weighted by Crippen LogP contribution is 2.46. The molecular weight excluding hydrogens is 717 g/mol. The van der Waals surface area contributed by atoms with Crippen molar-refractivity contribution in [2.45, 2.75) is 0 Å². The first-order valence-corrected chi connectivity index (χ1v) is 20.2. The van der Waals surface area contributed by atoms with Gasteiger partial charge >= 0.3 is 0 Å². The Balaban J connectivity index is 1.07. The van der Waals surface area contributed by atoms with Crippen molar-refractivity contribution in [2.24, 2.45) is 0 Å². The average molecular weight is 753 g/mol. The van der Waals surface area contributed by atoms with Crippen molar-refractivity contribution in [1.82, 2.24) is 4.57 Å². The maximum atomic E-state index is 6.70. The van der Waals surface area contributed by atoms with Crippen molar-refractivity contribution >= 4 is 82.4 Å². The first kappa shape index (κ1) is 33.3. The lowest BCUT2D eigenvalue weighted by atomic mass is 9.95. The van der Waals surface area contributed by atoms with E-state index >= 15 is 0 Å². The molecule has 0 fully saturated rings. The van der Waals surface area contributed by atoms with Crippen LogP contribution in [0.3, 0.4) is 0 Å². The Morgan fingerprint density at radius 3 is 1.81 bits per heavy atom. The standard InChI is InChI=1S/C56H36N2O/c1-3-13-37(14-4-1)39-25-29-43(30-26-39)57(44-31-27-38-15-7-8-16-40(38)35-44)45-32-33-46-41(36-45)28-34-53-54(46)55-48(20-12-24-52(55)59-53)50-22-11-21-49-47-19-9-10-23-51(47)58(56(49)50)42-17-5-2-6-18-42/h1-36H. The Kier molecular flexibility index (Phi) is 7.54.